The van der Waals surface area contributed by atoms with Crippen molar-refractivity contribution in [2.45, 2.75) is 69.2 Å². The van der Waals surface area contributed by atoms with Crippen LogP contribution in [0.5, 0.6) is 0 Å². The number of nitrogens with zero attached hydrogens (tertiary/aromatic N) is 2. The summed E-state index contributed by atoms with van der Waals surface area (Å²) < 4.78 is 0. The Kier molecular flexibility index (Phi) is 37.4. The number of rotatable bonds is 3. The van der Waals surface area contributed by atoms with Crippen molar-refractivity contribution >= 4 is 6.21 Å². The highest BCUT2D eigenvalue weighted by Crippen LogP contribution is 1.81. The first kappa shape index (κ1) is 27.1. The van der Waals surface area contributed by atoms with E-state index in [0.29, 0.717) is 0 Å². The first-order chi connectivity index (χ1) is 8.69. The van der Waals surface area contributed by atoms with Gasteiger partial charge in [-0.25, -0.2) is 0 Å². The SMILES string of the molecule is CC(C)C.CC(C)C.CC=NCC.CCN(C)CC. The van der Waals surface area contributed by atoms with Gasteiger partial charge in [0.15, 0.2) is 0 Å². The molecule has 0 N–H and O–H groups in total. The summed E-state index contributed by atoms with van der Waals surface area (Å²) in [6.45, 7) is 24.5. The molecule has 0 aromatic carbocycles. The van der Waals surface area contributed by atoms with Crippen molar-refractivity contribution < 1.29 is 0 Å². The second-order valence-electron chi connectivity index (χ2n) is 5.71. The zero-order chi connectivity index (χ0) is 16.3. The van der Waals surface area contributed by atoms with Gasteiger partial charge in [-0.1, -0.05) is 55.4 Å². The van der Waals surface area contributed by atoms with Crippen LogP contribution in [0.3, 0.4) is 0 Å². The number of hydrogen-bond donors (Lipinski definition) is 0. The molecule has 19 heavy (non-hydrogen) atoms. The average molecular weight is 275 g/mol. The van der Waals surface area contributed by atoms with Crippen LogP contribution in [0.25, 0.3) is 0 Å². The van der Waals surface area contributed by atoms with E-state index >= 15 is 0 Å². The maximum Gasteiger partial charge on any atom is 0.0356 e. The molecule has 0 unspecified atom stereocenters. The van der Waals surface area contributed by atoms with Gasteiger partial charge in [0.1, 0.15) is 0 Å². The highest BCUT2D eigenvalue weighted by atomic mass is 15.1. The summed E-state index contributed by atoms with van der Waals surface area (Å²) in [5, 5.41) is 0. The Labute approximate surface area is 124 Å². The van der Waals surface area contributed by atoms with Crippen LogP contribution in [0.2, 0.25) is 0 Å². The maximum absolute atomic E-state index is 3.85. The molecule has 2 nitrogen and oxygen atoms in total. The predicted molar refractivity (Wildman–Crippen MR) is 94.6 cm³/mol. The topological polar surface area (TPSA) is 15.6 Å². The molecular weight excluding hydrogens is 232 g/mol. The van der Waals surface area contributed by atoms with Crippen molar-refractivity contribution in [3.05, 3.63) is 0 Å². The standard InChI is InChI=1S/C5H13N.C4H9N.2C4H10/c1-4-6(3)5-2;1-3-5-4-2;2*1-4(2)3/h4-5H2,1-3H3;3H,4H2,1-2H3;2*4H,1-3H3. The summed E-state index contributed by atoms with van der Waals surface area (Å²) in [7, 11) is 2.11. The Hall–Kier alpha value is -0.370. The molecule has 2 heteroatoms. The van der Waals surface area contributed by atoms with Crippen LogP contribution in [0.1, 0.15) is 69.2 Å². The lowest BCUT2D eigenvalue weighted by atomic mass is 10.3. The number of aliphatic imine (C=N–C) groups is 1. The fraction of sp³-hybridized carbons (Fsp3) is 0.941. The van der Waals surface area contributed by atoms with Crippen LogP contribution < -0.4 is 0 Å². The van der Waals surface area contributed by atoms with Gasteiger partial charge in [0.05, 0.1) is 0 Å². The zero-order valence-electron chi connectivity index (χ0n) is 15.7. The zero-order valence-corrected chi connectivity index (χ0v) is 15.7. The van der Waals surface area contributed by atoms with Gasteiger partial charge < -0.3 is 4.90 Å². The van der Waals surface area contributed by atoms with Crippen LogP contribution >= 0.6 is 0 Å². The molecule has 0 aliphatic rings. The summed E-state index contributed by atoms with van der Waals surface area (Å²) in [6, 6.07) is 0. The van der Waals surface area contributed by atoms with E-state index < -0.39 is 0 Å². The molecule has 0 saturated heterocycles. The molecule has 0 aliphatic heterocycles. The van der Waals surface area contributed by atoms with Crippen molar-refractivity contribution in [3.63, 3.8) is 0 Å². The fourth-order valence-corrected chi connectivity index (χ4v) is 0.406. The van der Waals surface area contributed by atoms with E-state index in [1.54, 1.807) is 6.21 Å². The molecule has 0 atom stereocenters. The summed E-state index contributed by atoms with van der Waals surface area (Å²) in [4.78, 5) is 6.10. The Bertz CT molecular complexity index is 125. The molecule has 120 valence electrons. The quantitative estimate of drug-likeness (QED) is 0.631. The second kappa shape index (κ2) is 26.2. The smallest absolute Gasteiger partial charge is 0.0356 e. The Morgan fingerprint density at radius 1 is 0.842 bits per heavy atom. The lowest BCUT2D eigenvalue weighted by molar-refractivity contribution is 0.373. The summed E-state index contributed by atoms with van der Waals surface area (Å²) in [5.74, 6) is 1.67. The van der Waals surface area contributed by atoms with Crippen LogP contribution in [0, 0.1) is 11.8 Å². The predicted octanol–water partition coefficient (Wildman–Crippen LogP) is 5.38. The van der Waals surface area contributed by atoms with Gasteiger partial charge >= 0.3 is 0 Å². The van der Waals surface area contributed by atoms with E-state index in [1.807, 2.05) is 13.8 Å². The van der Waals surface area contributed by atoms with Gasteiger partial charge in [0, 0.05) is 6.54 Å². The third-order valence-corrected chi connectivity index (χ3v) is 1.44. The summed E-state index contributed by atoms with van der Waals surface area (Å²) in [6.07, 6.45) is 1.81. The van der Waals surface area contributed by atoms with Gasteiger partial charge in [-0.05, 0) is 52.0 Å². The van der Waals surface area contributed by atoms with Crippen LogP contribution in [-0.2, 0) is 0 Å². The molecule has 0 aliphatic carbocycles. The molecule has 0 radical (unpaired) electrons. The molecule has 0 bridgehead atoms. The van der Waals surface area contributed by atoms with Gasteiger partial charge in [-0.3, -0.25) is 4.99 Å². The molecular formula is C17H42N2. The summed E-state index contributed by atoms with van der Waals surface area (Å²) >= 11 is 0. The molecule has 0 rings (SSSR count). The van der Waals surface area contributed by atoms with Crippen LogP contribution in [0.15, 0.2) is 4.99 Å². The van der Waals surface area contributed by atoms with E-state index in [9.17, 15) is 0 Å². The molecule has 0 saturated carbocycles. The van der Waals surface area contributed by atoms with Gasteiger partial charge in [-0.15, -0.1) is 0 Å². The van der Waals surface area contributed by atoms with E-state index in [4.69, 9.17) is 0 Å². The lowest BCUT2D eigenvalue weighted by Gasteiger charge is -2.07. The minimum absolute atomic E-state index is 0.833. The molecule has 0 spiro atoms. The third kappa shape index (κ3) is 136. The highest BCUT2D eigenvalue weighted by molar-refractivity contribution is 5.52. The van der Waals surface area contributed by atoms with Crippen molar-refractivity contribution in [3.8, 4) is 0 Å². The minimum atomic E-state index is 0.833. The first-order valence-corrected chi connectivity index (χ1v) is 7.82. The molecule has 0 aromatic rings. The van der Waals surface area contributed by atoms with Crippen molar-refractivity contribution in [2.75, 3.05) is 26.7 Å². The maximum atomic E-state index is 3.85. The third-order valence-electron chi connectivity index (χ3n) is 1.44. The molecule has 0 aromatic heterocycles. The van der Waals surface area contributed by atoms with Crippen molar-refractivity contribution in [1.29, 1.82) is 0 Å². The van der Waals surface area contributed by atoms with Gasteiger partial charge in [0.25, 0.3) is 0 Å². The second-order valence-corrected chi connectivity index (χ2v) is 5.71. The number of hydrogen-bond acceptors (Lipinski definition) is 2. The van der Waals surface area contributed by atoms with Gasteiger partial charge in [-0.2, -0.15) is 0 Å². The van der Waals surface area contributed by atoms with E-state index in [0.717, 1.165) is 31.5 Å². The van der Waals surface area contributed by atoms with E-state index in [1.165, 1.54) is 0 Å². The van der Waals surface area contributed by atoms with Crippen molar-refractivity contribution in [1.82, 2.24) is 4.90 Å². The average Bonchev–Trinajstić information content (AvgIpc) is 2.28. The fourth-order valence-electron chi connectivity index (χ4n) is 0.406. The minimum Gasteiger partial charge on any atom is -0.307 e. The van der Waals surface area contributed by atoms with Crippen molar-refractivity contribution in [2.24, 2.45) is 16.8 Å². The lowest BCUT2D eigenvalue weighted by Crippen LogP contribution is -2.15. The Balaban J connectivity index is -0.0000000803. The largest absolute Gasteiger partial charge is 0.307 e. The van der Waals surface area contributed by atoms with E-state index in [-0.39, 0.29) is 0 Å². The van der Waals surface area contributed by atoms with Crippen LogP contribution in [0.4, 0.5) is 0 Å². The van der Waals surface area contributed by atoms with Gasteiger partial charge in [0.2, 0.25) is 0 Å². The normalized spacial score (nSPS) is 9.58. The molecule has 0 fully saturated rings. The molecule has 0 amide bonds. The highest BCUT2D eigenvalue weighted by Gasteiger charge is 1.81. The van der Waals surface area contributed by atoms with E-state index in [2.05, 4.69) is 72.3 Å². The Morgan fingerprint density at radius 3 is 1.11 bits per heavy atom. The monoisotopic (exact) mass is 274 g/mol. The van der Waals surface area contributed by atoms with Crippen LogP contribution in [-0.4, -0.2) is 37.8 Å². The first-order valence-electron chi connectivity index (χ1n) is 7.82. The summed E-state index contributed by atoms with van der Waals surface area (Å²) in [5.41, 5.74) is 0. The Morgan fingerprint density at radius 2 is 1.11 bits per heavy atom. The molecule has 0 heterocycles.